The van der Waals surface area contributed by atoms with E-state index in [1.807, 2.05) is 27.7 Å². The van der Waals surface area contributed by atoms with Crippen molar-refractivity contribution in [3.8, 4) is 0 Å². The molecule has 3 rings (SSSR count). The van der Waals surface area contributed by atoms with Crippen molar-refractivity contribution in [2.45, 2.75) is 40.5 Å². The molecule has 0 fully saturated rings. The number of hydrogen-bond acceptors (Lipinski definition) is 6. The van der Waals surface area contributed by atoms with E-state index in [4.69, 9.17) is 9.47 Å². The number of hydrogen-bond donors (Lipinski definition) is 0. The molecule has 2 aliphatic heterocycles. The Hall–Kier alpha value is -2.24. The Morgan fingerprint density at radius 2 is 1.00 bits per heavy atom. The average molecular weight is 332 g/mol. The van der Waals surface area contributed by atoms with Crippen LogP contribution in [0.5, 0.6) is 0 Å². The fraction of sp³-hybridized carbons (Fsp3) is 0.556. The van der Waals surface area contributed by atoms with Crippen LogP contribution in [0.2, 0.25) is 0 Å². The van der Waals surface area contributed by atoms with Crippen LogP contribution >= 0.6 is 0 Å². The fourth-order valence-corrected chi connectivity index (χ4v) is 3.79. The van der Waals surface area contributed by atoms with E-state index in [1.165, 1.54) is 0 Å². The molecule has 0 aromatic heterocycles. The summed E-state index contributed by atoms with van der Waals surface area (Å²) < 4.78 is 9.66. The van der Waals surface area contributed by atoms with E-state index >= 15 is 0 Å². The zero-order valence-corrected chi connectivity index (χ0v) is 14.2. The molecule has 1 aliphatic carbocycles. The molecule has 6 heteroatoms. The zero-order valence-electron chi connectivity index (χ0n) is 14.2. The largest absolute Gasteiger partial charge is 0.386 e. The molecule has 0 unspecified atom stereocenters. The highest BCUT2D eigenvalue weighted by Crippen LogP contribution is 2.45. The quantitative estimate of drug-likeness (QED) is 0.568. The van der Waals surface area contributed by atoms with Crippen LogP contribution in [0.3, 0.4) is 0 Å². The van der Waals surface area contributed by atoms with Gasteiger partial charge in [0.15, 0.2) is 0 Å². The summed E-state index contributed by atoms with van der Waals surface area (Å²) in [5.74, 6) is -3.22. The molecule has 2 atom stereocenters. The lowest BCUT2D eigenvalue weighted by molar-refractivity contribution is -0.153. The normalized spacial score (nSPS) is 27.4. The minimum atomic E-state index is -0.631. The number of carbonyl (C=O) groups is 4. The number of cyclic esters (lactones) is 4. The summed E-state index contributed by atoms with van der Waals surface area (Å²) in [6.45, 7) is 7.65. The van der Waals surface area contributed by atoms with Gasteiger partial charge in [-0.25, -0.2) is 19.2 Å². The summed E-state index contributed by atoms with van der Waals surface area (Å²) in [4.78, 5) is 48.7. The van der Waals surface area contributed by atoms with E-state index in [0.717, 1.165) is 0 Å². The second kappa shape index (κ2) is 5.69. The van der Waals surface area contributed by atoms with Gasteiger partial charge in [-0.1, -0.05) is 27.7 Å². The van der Waals surface area contributed by atoms with E-state index in [9.17, 15) is 19.2 Å². The molecule has 0 bridgehead atoms. The van der Waals surface area contributed by atoms with E-state index in [2.05, 4.69) is 0 Å². The Bertz CT molecular complexity index is 660. The summed E-state index contributed by atoms with van der Waals surface area (Å²) >= 11 is 0. The van der Waals surface area contributed by atoms with Crippen LogP contribution in [0.15, 0.2) is 22.3 Å². The molecule has 24 heavy (non-hydrogen) atoms. The lowest BCUT2D eigenvalue weighted by Crippen LogP contribution is -2.25. The predicted molar refractivity (Wildman–Crippen MR) is 82.1 cm³/mol. The van der Waals surface area contributed by atoms with Gasteiger partial charge in [-0.3, -0.25) is 0 Å². The first-order valence-electron chi connectivity index (χ1n) is 8.21. The van der Waals surface area contributed by atoms with Crippen molar-refractivity contribution < 1.29 is 28.7 Å². The maximum atomic E-state index is 12.2. The highest BCUT2D eigenvalue weighted by Gasteiger charge is 2.47. The Morgan fingerprint density at radius 1 is 0.667 bits per heavy atom. The molecule has 0 saturated heterocycles. The summed E-state index contributed by atoms with van der Waals surface area (Å²) in [6.07, 6.45) is 0.421. The fourth-order valence-electron chi connectivity index (χ4n) is 3.79. The van der Waals surface area contributed by atoms with Gasteiger partial charge < -0.3 is 9.47 Å². The average Bonchev–Trinajstić information content (AvgIpc) is 2.85. The smallest absolute Gasteiger partial charge is 0.342 e. The molecule has 3 aliphatic rings. The summed E-state index contributed by atoms with van der Waals surface area (Å²) in [5.41, 5.74) is 1.41. The standard InChI is InChI=1S/C18H20O6/c1-7(2)9-5-11-14(18(22)24-15(11)19)10(8(3)4)6-12-13(9)17(21)23-16(12)20/h7-10H,5-6H2,1-4H3/t9-,10-/m1/s1. The summed E-state index contributed by atoms with van der Waals surface area (Å²) in [7, 11) is 0. The Kier molecular flexibility index (Phi) is 3.94. The second-order valence-corrected chi connectivity index (χ2v) is 7.25. The van der Waals surface area contributed by atoms with Crippen LogP contribution in [0.25, 0.3) is 0 Å². The molecule has 2 heterocycles. The minimum Gasteiger partial charge on any atom is -0.386 e. The SMILES string of the molecule is CC(C)[C@H]1CC2=C(C(=O)OC2=O)[C@@H](C(C)C)CC2=C1C(=O)OC2=O. The molecule has 0 radical (unpaired) electrons. The van der Waals surface area contributed by atoms with E-state index in [-0.39, 0.29) is 36.5 Å². The zero-order chi connectivity index (χ0) is 17.8. The minimum absolute atomic E-state index is 0.00121. The molecule has 0 amide bonds. The Morgan fingerprint density at radius 3 is 1.29 bits per heavy atom. The van der Waals surface area contributed by atoms with Gasteiger partial charge in [0, 0.05) is 11.1 Å². The molecular weight excluding hydrogens is 312 g/mol. The first kappa shape index (κ1) is 16.6. The first-order chi connectivity index (χ1) is 11.2. The van der Waals surface area contributed by atoms with Crippen LogP contribution in [-0.4, -0.2) is 23.9 Å². The van der Waals surface area contributed by atoms with Gasteiger partial charge in [-0.05, 0) is 36.5 Å². The van der Waals surface area contributed by atoms with Crippen molar-refractivity contribution in [2.75, 3.05) is 0 Å². The van der Waals surface area contributed by atoms with Gasteiger partial charge >= 0.3 is 23.9 Å². The lowest BCUT2D eigenvalue weighted by atomic mass is 9.72. The molecular formula is C18H20O6. The highest BCUT2D eigenvalue weighted by molar-refractivity contribution is 6.15. The lowest BCUT2D eigenvalue weighted by Gasteiger charge is -2.27. The number of rotatable bonds is 2. The van der Waals surface area contributed by atoms with Gasteiger partial charge in [-0.15, -0.1) is 0 Å². The topological polar surface area (TPSA) is 86.7 Å². The molecule has 0 spiro atoms. The van der Waals surface area contributed by atoms with Crippen LogP contribution in [0.1, 0.15) is 40.5 Å². The third-order valence-corrected chi connectivity index (χ3v) is 5.15. The van der Waals surface area contributed by atoms with Crippen molar-refractivity contribution in [2.24, 2.45) is 23.7 Å². The van der Waals surface area contributed by atoms with Crippen molar-refractivity contribution in [1.29, 1.82) is 0 Å². The maximum Gasteiger partial charge on any atom is 0.342 e. The van der Waals surface area contributed by atoms with Crippen molar-refractivity contribution >= 4 is 23.9 Å². The monoisotopic (exact) mass is 332 g/mol. The van der Waals surface area contributed by atoms with Crippen molar-refractivity contribution in [3.63, 3.8) is 0 Å². The maximum absolute atomic E-state index is 12.2. The molecule has 6 nitrogen and oxygen atoms in total. The molecule has 0 aromatic carbocycles. The van der Waals surface area contributed by atoms with Crippen molar-refractivity contribution in [3.05, 3.63) is 22.3 Å². The third kappa shape index (κ3) is 2.41. The first-order valence-corrected chi connectivity index (χ1v) is 8.21. The number of ether oxygens (including phenoxy) is 2. The number of carbonyl (C=O) groups excluding carboxylic acids is 4. The van der Waals surface area contributed by atoms with E-state index in [0.29, 0.717) is 22.3 Å². The van der Waals surface area contributed by atoms with Gasteiger partial charge in [-0.2, -0.15) is 0 Å². The predicted octanol–water partition coefficient (Wildman–Crippen LogP) is 2.08. The Balaban J connectivity index is 2.19. The van der Waals surface area contributed by atoms with Crippen LogP contribution in [-0.2, 0) is 28.7 Å². The van der Waals surface area contributed by atoms with E-state index in [1.54, 1.807) is 0 Å². The van der Waals surface area contributed by atoms with Crippen molar-refractivity contribution in [1.82, 2.24) is 0 Å². The molecule has 0 N–H and O–H groups in total. The third-order valence-electron chi connectivity index (χ3n) is 5.15. The number of esters is 4. The van der Waals surface area contributed by atoms with Crippen LogP contribution < -0.4 is 0 Å². The van der Waals surface area contributed by atoms with Gasteiger partial charge in [0.2, 0.25) is 0 Å². The summed E-state index contributed by atoms with van der Waals surface area (Å²) in [6, 6.07) is 0. The van der Waals surface area contributed by atoms with Crippen LogP contribution in [0, 0.1) is 23.7 Å². The van der Waals surface area contributed by atoms with Gasteiger partial charge in [0.05, 0.1) is 11.1 Å². The second-order valence-electron chi connectivity index (χ2n) is 7.25. The van der Waals surface area contributed by atoms with Gasteiger partial charge in [0.25, 0.3) is 0 Å². The molecule has 0 saturated carbocycles. The Labute approximate surface area is 139 Å². The summed E-state index contributed by atoms with van der Waals surface area (Å²) in [5, 5.41) is 0. The van der Waals surface area contributed by atoms with Gasteiger partial charge in [0.1, 0.15) is 0 Å². The molecule has 0 aromatic rings. The van der Waals surface area contributed by atoms with Crippen LogP contribution in [0.4, 0.5) is 0 Å². The molecule has 128 valence electrons. The highest BCUT2D eigenvalue weighted by atomic mass is 16.6. The van der Waals surface area contributed by atoms with E-state index < -0.39 is 23.9 Å².